The van der Waals surface area contributed by atoms with Gasteiger partial charge in [0, 0.05) is 0 Å². The molecular formula is C7H6Cl2O2S. The van der Waals surface area contributed by atoms with E-state index in [1.807, 2.05) is 0 Å². The summed E-state index contributed by atoms with van der Waals surface area (Å²) in [6, 6.07) is 4.85. The lowest BCUT2D eigenvalue weighted by Gasteiger charge is -1.99. The smallest absolute Gasteiger partial charge is 0.157 e. The lowest BCUT2D eigenvalue weighted by Crippen LogP contribution is -1.92. The maximum Gasteiger partial charge on any atom is 0.157 e. The fourth-order valence-corrected chi connectivity index (χ4v) is 1.56. The van der Waals surface area contributed by atoms with E-state index in [0.717, 1.165) is 0 Å². The molecule has 0 saturated carbocycles. The van der Waals surface area contributed by atoms with Gasteiger partial charge in [-0.1, -0.05) is 29.3 Å². The summed E-state index contributed by atoms with van der Waals surface area (Å²) in [6.07, 6.45) is 0. The first-order valence-corrected chi connectivity index (χ1v) is 5.14. The molecule has 1 unspecified atom stereocenters. The normalized spacial score (nSPS) is 12.9. The van der Waals surface area contributed by atoms with Gasteiger partial charge < -0.3 is 4.55 Å². The van der Waals surface area contributed by atoms with Crippen LogP contribution in [-0.4, -0.2) is 8.76 Å². The molecule has 0 spiro atoms. The van der Waals surface area contributed by atoms with Crippen molar-refractivity contribution in [3.05, 3.63) is 33.8 Å². The van der Waals surface area contributed by atoms with E-state index in [0.29, 0.717) is 15.6 Å². The average molecular weight is 225 g/mol. The molecule has 0 amide bonds. The van der Waals surface area contributed by atoms with Gasteiger partial charge in [0.05, 0.1) is 15.8 Å². The first kappa shape index (κ1) is 9.99. The van der Waals surface area contributed by atoms with Crippen LogP contribution in [0.2, 0.25) is 10.0 Å². The van der Waals surface area contributed by atoms with E-state index in [4.69, 9.17) is 27.8 Å². The molecule has 0 fully saturated rings. The largest absolute Gasteiger partial charge is 0.306 e. The molecule has 1 aromatic carbocycles. The molecule has 1 aromatic rings. The number of hydrogen-bond donors (Lipinski definition) is 1. The van der Waals surface area contributed by atoms with Crippen LogP contribution in [-0.2, 0) is 16.8 Å². The van der Waals surface area contributed by atoms with Crippen molar-refractivity contribution in [2.24, 2.45) is 0 Å². The minimum Gasteiger partial charge on any atom is -0.306 e. The van der Waals surface area contributed by atoms with Crippen molar-refractivity contribution < 1.29 is 8.76 Å². The highest BCUT2D eigenvalue weighted by molar-refractivity contribution is 7.78. The van der Waals surface area contributed by atoms with Crippen LogP contribution in [0.15, 0.2) is 18.2 Å². The molecule has 0 aliphatic heterocycles. The maximum atomic E-state index is 10.4. The molecule has 0 saturated heterocycles. The molecule has 0 heterocycles. The van der Waals surface area contributed by atoms with Crippen LogP contribution in [0.4, 0.5) is 0 Å². The van der Waals surface area contributed by atoms with E-state index >= 15 is 0 Å². The number of hydrogen-bond acceptors (Lipinski definition) is 1. The SMILES string of the molecule is O=S(O)Cc1ccc(Cl)c(Cl)c1. The summed E-state index contributed by atoms with van der Waals surface area (Å²) >= 11 is 9.50. The Kier molecular flexibility index (Phi) is 3.53. The van der Waals surface area contributed by atoms with Gasteiger partial charge in [-0.3, -0.25) is 0 Å². The minimum absolute atomic E-state index is 0.0802. The zero-order chi connectivity index (χ0) is 9.14. The van der Waals surface area contributed by atoms with Gasteiger partial charge in [0.2, 0.25) is 0 Å². The molecule has 0 aliphatic carbocycles. The van der Waals surface area contributed by atoms with Gasteiger partial charge in [0.1, 0.15) is 0 Å². The third-order valence-electron chi connectivity index (χ3n) is 1.27. The second-order valence-corrected chi connectivity index (χ2v) is 3.96. The Morgan fingerprint density at radius 3 is 2.50 bits per heavy atom. The van der Waals surface area contributed by atoms with Gasteiger partial charge in [-0.25, -0.2) is 4.21 Å². The molecule has 1 rings (SSSR count). The molecule has 1 atom stereocenters. The van der Waals surface area contributed by atoms with Gasteiger partial charge >= 0.3 is 0 Å². The van der Waals surface area contributed by atoms with Gasteiger partial charge in [-0.15, -0.1) is 0 Å². The lowest BCUT2D eigenvalue weighted by molar-refractivity contribution is 0.563. The predicted molar refractivity (Wildman–Crippen MR) is 50.9 cm³/mol. The van der Waals surface area contributed by atoms with Crippen LogP contribution in [0.3, 0.4) is 0 Å². The van der Waals surface area contributed by atoms with Crippen molar-refractivity contribution in [2.75, 3.05) is 0 Å². The summed E-state index contributed by atoms with van der Waals surface area (Å²) < 4.78 is 19.0. The number of halogens is 2. The van der Waals surface area contributed by atoms with E-state index in [-0.39, 0.29) is 5.75 Å². The average Bonchev–Trinajstić information content (AvgIpc) is 1.96. The van der Waals surface area contributed by atoms with Crippen LogP contribution in [0, 0.1) is 0 Å². The zero-order valence-electron chi connectivity index (χ0n) is 5.96. The Morgan fingerprint density at radius 1 is 1.33 bits per heavy atom. The Balaban J connectivity index is 2.89. The molecular weight excluding hydrogens is 219 g/mol. The predicted octanol–water partition coefficient (Wildman–Crippen LogP) is 2.72. The van der Waals surface area contributed by atoms with Crippen molar-refractivity contribution in [2.45, 2.75) is 5.75 Å². The summed E-state index contributed by atoms with van der Waals surface area (Å²) in [5.41, 5.74) is 0.699. The summed E-state index contributed by atoms with van der Waals surface area (Å²) in [7, 11) is 0. The molecule has 66 valence electrons. The molecule has 0 aliphatic rings. The lowest BCUT2D eigenvalue weighted by atomic mass is 10.2. The number of benzene rings is 1. The second-order valence-electron chi connectivity index (χ2n) is 2.21. The first-order chi connectivity index (χ1) is 5.59. The van der Waals surface area contributed by atoms with E-state index < -0.39 is 11.1 Å². The van der Waals surface area contributed by atoms with Gasteiger partial charge in [-0.05, 0) is 17.7 Å². The summed E-state index contributed by atoms with van der Waals surface area (Å²) in [6.45, 7) is 0. The van der Waals surface area contributed by atoms with Crippen molar-refractivity contribution in [1.29, 1.82) is 0 Å². The highest BCUT2D eigenvalue weighted by Crippen LogP contribution is 2.22. The topological polar surface area (TPSA) is 37.3 Å². The van der Waals surface area contributed by atoms with Gasteiger partial charge in [0.15, 0.2) is 11.1 Å². The monoisotopic (exact) mass is 224 g/mol. The molecule has 5 heteroatoms. The van der Waals surface area contributed by atoms with E-state index in [2.05, 4.69) is 0 Å². The third-order valence-corrected chi connectivity index (χ3v) is 2.59. The Bertz CT molecular complexity index is 314. The van der Waals surface area contributed by atoms with Crippen LogP contribution < -0.4 is 0 Å². The zero-order valence-corrected chi connectivity index (χ0v) is 8.29. The molecule has 2 nitrogen and oxygen atoms in total. The molecule has 0 radical (unpaired) electrons. The highest BCUT2D eigenvalue weighted by atomic mass is 35.5. The van der Waals surface area contributed by atoms with Gasteiger partial charge in [-0.2, -0.15) is 0 Å². The van der Waals surface area contributed by atoms with Crippen LogP contribution in [0.5, 0.6) is 0 Å². The van der Waals surface area contributed by atoms with Crippen molar-refractivity contribution >= 4 is 34.3 Å². The minimum atomic E-state index is -1.83. The Morgan fingerprint density at radius 2 is 2.00 bits per heavy atom. The van der Waals surface area contributed by atoms with Crippen LogP contribution in [0.25, 0.3) is 0 Å². The van der Waals surface area contributed by atoms with Crippen molar-refractivity contribution in [3.8, 4) is 0 Å². The molecule has 1 N–H and O–H groups in total. The van der Waals surface area contributed by atoms with E-state index in [9.17, 15) is 4.21 Å². The highest BCUT2D eigenvalue weighted by Gasteiger charge is 2.01. The third kappa shape index (κ3) is 2.75. The van der Waals surface area contributed by atoms with Crippen molar-refractivity contribution in [3.63, 3.8) is 0 Å². The Labute approximate surface area is 82.8 Å². The molecule has 0 bridgehead atoms. The molecule has 12 heavy (non-hydrogen) atoms. The van der Waals surface area contributed by atoms with Crippen LogP contribution in [0.1, 0.15) is 5.56 Å². The summed E-state index contributed by atoms with van der Waals surface area (Å²) in [4.78, 5) is 0. The van der Waals surface area contributed by atoms with E-state index in [1.54, 1.807) is 18.2 Å². The standard InChI is InChI=1S/C7H6Cl2O2S/c8-6-2-1-5(3-7(6)9)4-12(10)11/h1-3H,4H2,(H,10,11). The fourth-order valence-electron chi connectivity index (χ4n) is 0.772. The van der Waals surface area contributed by atoms with Crippen molar-refractivity contribution in [1.82, 2.24) is 0 Å². The maximum absolute atomic E-state index is 10.4. The van der Waals surface area contributed by atoms with Crippen LogP contribution >= 0.6 is 23.2 Å². The number of rotatable bonds is 2. The molecule has 0 aromatic heterocycles. The van der Waals surface area contributed by atoms with E-state index in [1.165, 1.54) is 0 Å². The van der Waals surface area contributed by atoms with Gasteiger partial charge in [0.25, 0.3) is 0 Å². The quantitative estimate of drug-likeness (QED) is 0.785. The summed E-state index contributed by atoms with van der Waals surface area (Å²) in [5.74, 6) is 0.0802. The Hall–Kier alpha value is -0.0900. The fraction of sp³-hybridized carbons (Fsp3) is 0.143. The second kappa shape index (κ2) is 4.23. The first-order valence-electron chi connectivity index (χ1n) is 3.11. The summed E-state index contributed by atoms with van der Waals surface area (Å²) in [5, 5.41) is 0.851.